The molecule has 0 unspecified atom stereocenters. The fourth-order valence-electron chi connectivity index (χ4n) is 3.59. The van der Waals surface area contributed by atoms with Crippen LogP contribution in [0.2, 0.25) is 0 Å². The Kier molecular flexibility index (Phi) is 14.7. The van der Waals surface area contributed by atoms with E-state index in [0.717, 1.165) is 35.5 Å². The van der Waals surface area contributed by atoms with E-state index in [1.54, 1.807) is 6.92 Å². The largest absolute Gasteiger partial charge is 0.493 e. The van der Waals surface area contributed by atoms with E-state index in [2.05, 4.69) is 52.0 Å². The number of hydrogen-bond donors (Lipinski definition) is 0. The van der Waals surface area contributed by atoms with Crippen molar-refractivity contribution in [1.82, 2.24) is 0 Å². The molecule has 33 heavy (non-hydrogen) atoms. The number of aryl methyl sites for hydroxylation is 2. The second-order valence-corrected chi connectivity index (χ2v) is 8.71. The summed E-state index contributed by atoms with van der Waals surface area (Å²) in [6.07, 6.45) is 20.6. The fourth-order valence-corrected chi connectivity index (χ4v) is 3.59. The topological polar surface area (TPSA) is 35.5 Å². The molecule has 0 aliphatic rings. The first-order valence-corrected chi connectivity index (χ1v) is 12.5. The van der Waals surface area contributed by atoms with Gasteiger partial charge in [0.05, 0.1) is 13.2 Å². The monoisotopic (exact) mass is 452 g/mol. The molecule has 1 rings (SSSR count). The van der Waals surface area contributed by atoms with E-state index in [1.807, 2.05) is 25.2 Å². The Bertz CT molecular complexity index is 840. The standard InChI is InChI=1S/C30H44O3/c1-7-9-10-11-12-13-14-20-33-30-27(6)21-26(5)22-28(30)19-18-24(3)16-15-17-25(4)23-29(31)32-8-2/h15-19,21-23H,7-14,20H2,1-6H3/b17-15+,19-18+,24-16+,25-23+. The minimum atomic E-state index is -0.306. The SMILES string of the molecule is CCCCCCCCCOc1c(C)cc(C)cc1/C=C/C(C)=C/C=C/C(C)=C/C(=O)OCC. The molecule has 0 heterocycles. The van der Waals surface area contributed by atoms with Gasteiger partial charge in [-0.3, -0.25) is 0 Å². The Balaban J connectivity index is 2.71. The van der Waals surface area contributed by atoms with Crippen LogP contribution in [0.4, 0.5) is 0 Å². The minimum Gasteiger partial charge on any atom is -0.493 e. The molecule has 0 N–H and O–H groups in total. The predicted molar refractivity (Wildman–Crippen MR) is 142 cm³/mol. The molecule has 0 saturated heterocycles. The number of esters is 1. The molecule has 1 aromatic rings. The maximum absolute atomic E-state index is 11.5. The van der Waals surface area contributed by atoms with E-state index in [-0.39, 0.29) is 5.97 Å². The highest BCUT2D eigenvalue weighted by Crippen LogP contribution is 2.27. The van der Waals surface area contributed by atoms with Crippen LogP contribution in [0, 0.1) is 13.8 Å². The van der Waals surface area contributed by atoms with Gasteiger partial charge >= 0.3 is 5.97 Å². The maximum Gasteiger partial charge on any atom is 0.330 e. The van der Waals surface area contributed by atoms with Crippen molar-refractivity contribution < 1.29 is 14.3 Å². The molecule has 0 aliphatic carbocycles. The molecule has 0 radical (unpaired) electrons. The van der Waals surface area contributed by atoms with Gasteiger partial charge in [-0.15, -0.1) is 0 Å². The molecule has 0 aromatic heterocycles. The zero-order valence-corrected chi connectivity index (χ0v) is 21.7. The molecule has 182 valence electrons. The summed E-state index contributed by atoms with van der Waals surface area (Å²) in [4.78, 5) is 11.5. The average Bonchev–Trinajstić information content (AvgIpc) is 2.75. The van der Waals surface area contributed by atoms with Crippen molar-refractivity contribution in [1.29, 1.82) is 0 Å². The van der Waals surface area contributed by atoms with E-state index in [1.165, 1.54) is 55.7 Å². The van der Waals surface area contributed by atoms with Crippen molar-refractivity contribution in [3.8, 4) is 5.75 Å². The molecule has 3 heteroatoms. The third-order valence-electron chi connectivity index (χ3n) is 5.32. The molecule has 0 spiro atoms. The molecular weight excluding hydrogens is 408 g/mol. The van der Waals surface area contributed by atoms with Gasteiger partial charge < -0.3 is 9.47 Å². The fraction of sp³-hybridized carbons (Fsp3) is 0.500. The van der Waals surface area contributed by atoms with Gasteiger partial charge in [0.15, 0.2) is 0 Å². The Labute approximate surface area is 202 Å². The molecule has 0 saturated carbocycles. The number of rotatable bonds is 15. The summed E-state index contributed by atoms with van der Waals surface area (Å²) in [7, 11) is 0. The third-order valence-corrected chi connectivity index (χ3v) is 5.32. The van der Waals surface area contributed by atoms with Crippen molar-refractivity contribution >= 4 is 12.0 Å². The maximum atomic E-state index is 11.5. The summed E-state index contributed by atoms with van der Waals surface area (Å²) in [5.41, 5.74) is 5.50. The number of allylic oxidation sites excluding steroid dienone is 6. The quantitative estimate of drug-likeness (QED) is 0.116. The number of carbonyl (C=O) groups is 1. The summed E-state index contributed by atoms with van der Waals surface area (Å²) >= 11 is 0. The number of benzene rings is 1. The minimum absolute atomic E-state index is 0.306. The predicted octanol–water partition coefficient (Wildman–Crippen LogP) is 8.46. The van der Waals surface area contributed by atoms with Crippen molar-refractivity contribution in [2.24, 2.45) is 0 Å². The van der Waals surface area contributed by atoms with E-state index in [4.69, 9.17) is 9.47 Å². The van der Waals surface area contributed by atoms with Gasteiger partial charge in [0.25, 0.3) is 0 Å². The summed E-state index contributed by atoms with van der Waals surface area (Å²) in [6.45, 7) is 13.4. The van der Waals surface area contributed by atoms with Crippen LogP contribution in [0.5, 0.6) is 5.75 Å². The molecule has 0 fully saturated rings. The molecule has 0 amide bonds. The van der Waals surface area contributed by atoms with Gasteiger partial charge in [-0.25, -0.2) is 4.79 Å². The number of unbranched alkanes of at least 4 members (excludes halogenated alkanes) is 6. The average molecular weight is 453 g/mol. The lowest BCUT2D eigenvalue weighted by Gasteiger charge is -2.13. The van der Waals surface area contributed by atoms with E-state index in [0.29, 0.717) is 6.61 Å². The van der Waals surface area contributed by atoms with Crippen LogP contribution in [0.1, 0.15) is 89.3 Å². The van der Waals surface area contributed by atoms with Crippen LogP contribution in [0.25, 0.3) is 6.08 Å². The van der Waals surface area contributed by atoms with Gasteiger partial charge in [-0.2, -0.15) is 0 Å². The van der Waals surface area contributed by atoms with Crippen LogP contribution in [0.3, 0.4) is 0 Å². The van der Waals surface area contributed by atoms with Gasteiger partial charge in [-0.1, -0.05) is 93.0 Å². The van der Waals surface area contributed by atoms with Crippen LogP contribution in [0.15, 0.2) is 53.7 Å². The molecule has 3 nitrogen and oxygen atoms in total. The Hall–Kier alpha value is -2.55. The second kappa shape index (κ2) is 17.0. The first-order chi connectivity index (χ1) is 15.9. The second-order valence-electron chi connectivity index (χ2n) is 8.71. The number of ether oxygens (including phenoxy) is 2. The highest BCUT2D eigenvalue weighted by molar-refractivity contribution is 5.83. The van der Waals surface area contributed by atoms with E-state index >= 15 is 0 Å². The van der Waals surface area contributed by atoms with E-state index in [9.17, 15) is 4.79 Å². The lowest BCUT2D eigenvalue weighted by Crippen LogP contribution is -2.01. The molecule has 1 aromatic carbocycles. The first kappa shape index (κ1) is 28.5. The lowest BCUT2D eigenvalue weighted by atomic mass is 10.0. The van der Waals surface area contributed by atoms with Gasteiger partial charge in [-0.05, 0) is 58.2 Å². The zero-order chi connectivity index (χ0) is 24.5. The van der Waals surface area contributed by atoms with Crippen LogP contribution in [-0.2, 0) is 9.53 Å². The highest BCUT2D eigenvalue weighted by Gasteiger charge is 2.06. The summed E-state index contributed by atoms with van der Waals surface area (Å²) < 4.78 is 11.1. The van der Waals surface area contributed by atoms with Crippen LogP contribution >= 0.6 is 0 Å². The third kappa shape index (κ3) is 12.9. The van der Waals surface area contributed by atoms with Crippen molar-refractivity contribution in [2.75, 3.05) is 13.2 Å². The van der Waals surface area contributed by atoms with Crippen LogP contribution in [-0.4, -0.2) is 19.2 Å². The molecular formula is C30H44O3. The smallest absolute Gasteiger partial charge is 0.330 e. The number of hydrogen-bond acceptors (Lipinski definition) is 3. The van der Waals surface area contributed by atoms with Crippen molar-refractivity contribution in [3.63, 3.8) is 0 Å². The first-order valence-electron chi connectivity index (χ1n) is 12.5. The molecule has 0 bridgehead atoms. The summed E-state index contributed by atoms with van der Waals surface area (Å²) in [5, 5.41) is 0. The lowest BCUT2D eigenvalue weighted by molar-refractivity contribution is -0.137. The zero-order valence-electron chi connectivity index (χ0n) is 21.7. The van der Waals surface area contributed by atoms with Gasteiger partial charge in [0.1, 0.15) is 5.75 Å². The Morgan fingerprint density at radius 3 is 2.30 bits per heavy atom. The van der Waals surface area contributed by atoms with E-state index < -0.39 is 0 Å². The van der Waals surface area contributed by atoms with Crippen molar-refractivity contribution in [3.05, 3.63) is 70.3 Å². The Morgan fingerprint density at radius 1 is 0.909 bits per heavy atom. The van der Waals surface area contributed by atoms with Gasteiger partial charge in [0, 0.05) is 11.6 Å². The molecule has 0 atom stereocenters. The number of carbonyl (C=O) groups excluding carboxylic acids is 1. The summed E-state index contributed by atoms with van der Waals surface area (Å²) in [6, 6.07) is 4.36. The molecule has 0 aliphatic heterocycles. The van der Waals surface area contributed by atoms with Crippen LogP contribution < -0.4 is 4.74 Å². The normalized spacial score (nSPS) is 12.7. The highest BCUT2D eigenvalue weighted by atomic mass is 16.5. The van der Waals surface area contributed by atoms with Gasteiger partial charge in [0.2, 0.25) is 0 Å². The van der Waals surface area contributed by atoms with Crippen molar-refractivity contribution in [2.45, 2.75) is 86.5 Å². The Morgan fingerprint density at radius 2 is 1.61 bits per heavy atom. The summed E-state index contributed by atoms with van der Waals surface area (Å²) in [5.74, 6) is 0.679.